The van der Waals surface area contributed by atoms with Crippen molar-refractivity contribution < 1.29 is 19.4 Å². The highest BCUT2D eigenvalue weighted by molar-refractivity contribution is 5.72. The van der Waals surface area contributed by atoms with E-state index in [2.05, 4.69) is 0 Å². The highest BCUT2D eigenvalue weighted by Crippen LogP contribution is 2.05. The maximum atomic E-state index is 10.3. The molecule has 1 saturated heterocycles. The Hall–Kier alpha value is -0.650. The molecule has 70 valence electrons. The molecule has 5 nitrogen and oxygen atoms in total. The predicted molar refractivity (Wildman–Crippen MR) is 40.8 cm³/mol. The number of nitrogens with two attached hydrogens (primary N) is 1. The van der Waals surface area contributed by atoms with Crippen LogP contribution in [0.15, 0.2) is 0 Å². The number of ether oxygens (including phenoxy) is 2. The Kier molecular flexibility index (Phi) is 3.46. The Morgan fingerprint density at radius 2 is 2.42 bits per heavy atom. The second-order valence-corrected chi connectivity index (χ2v) is 2.76. The first-order valence-corrected chi connectivity index (χ1v) is 3.88. The molecule has 3 N–H and O–H groups in total. The maximum Gasteiger partial charge on any atom is 0.320 e. The first-order valence-electron chi connectivity index (χ1n) is 3.88. The van der Waals surface area contributed by atoms with Gasteiger partial charge in [-0.25, -0.2) is 0 Å². The molecular weight excluding hydrogens is 162 g/mol. The Bertz CT molecular complexity index is 157. The minimum absolute atomic E-state index is 0.144. The smallest absolute Gasteiger partial charge is 0.320 e. The Morgan fingerprint density at radius 1 is 1.75 bits per heavy atom. The molecule has 0 aromatic carbocycles. The highest BCUT2D eigenvalue weighted by atomic mass is 16.6. The molecule has 1 aliphatic rings. The fourth-order valence-corrected chi connectivity index (χ4v) is 0.795. The summed E-state index contributed by atoms with van der Waals surface area (Å²) >= 11 is 0. The lowest BCUT2D eigenvalue weighted by Gasteiger charge is -2.26. The number of hydrogen-bond acceptors (Lipinski definition) is 4. The van der Waals surface area contributed by atoms with Gasteiger partial charge < -0.3 is 20.3 Å². The van der Waals surface area contributed by atoms with Gasteiger partial charge in [0.25, 0.3) is 0 Å². The fraction of sp³-hybridized carbons (Fsp3) is 0.857. The highest BCUT2D eigenvalue weighted by Gasteiger charge is 2.19. The van der Waals surface area contributed by atoms with Crippen LogP contribution in [0.3, 0.4) is 0 Å². The van der Waals surface area contributed by atoms with E-state index in [0.29, 0.717) is 26.2 Å². The third-order valence-electron chi connectivity index (χ3n) is 1.71. The fourth-order valence-electron chi connectivity index (χ4n) is 0.795. The van der Waals surface area contributed by atoms with Crippen molar-refractivity contribution in [3.05, 3.63) is 0 Å². The molecule has 0 spiro atoms. The molecule has 5 heteroatoms. The summed E-state index contributed by atoms with van der Waals surface area (Å²) in [6, 6.07) is -0.814. The van der Waals surface area contributed by atoms with E-state index < -0.39 is 12.0 Å². The minimum Gasteiger partial charge on any atom is -0.480 e. The quantitative estimate of drug-likeness (QED) is 0.572. The predicted octanol–water partition coefficient (Wildman–Crippen LogP) is -0.796. The van der Waals surface area contributed by atoms with Crippen LogP contribution in [0, 0.1) is 0 Å². The first-order chi connectivity index (χ1) is 5.70. The zero-order valence-corrected chi connectivity index (χ0v) is 6.73. The summed E-state index contributed by atoms with van der Waals surface area (Å²) in [6.45, 7) is 1.62. The zero-order chi connectivity index (χ0) is 8.97. The number of carboxylic acid groups (broad SMARTS) is 1. The van der Waals surface area contributed by atoms with E-state index in [1.165, 1.54) is 0 Å². The molecule has 0 aromatic heterocycles. The van der Waals surface area contributed by atoms with Crippen LogP contribution in [0.25, 0.3) is 0 Å². The van der Waals surface area contributed by atoms with E-state index in [1.807, 2.05) is 0 Å². The van der Waals surface area contributed by atoms with Crippen LogP contribution in [0.1, 0.15) is 6.42 Å². The van der Waals surface area contributed by atoms with Crippen molar-refractivity contribution >= 4 is 5.97 Å². The second-order valence-electron chi connectivity index (χ2n) is 2.76. The van der Waals surface area contributed by atoms with E-state index in [4.69, 9.17) is 20.3 Å². The number of hydrogen-bond donors (Lipinski definition) is 2. The Morgan fingerprint density at radius 3 is 2.83 bits per heavy atom. The third-order valence-corrected chi connectivity index (χ3v) is 1.71. The van der Waals surface area contributed by atoms with Crippen molar-refractivity contribution in [3.63, 3.8) is 0 Å². The zero-order valence-electron chi connectivity index (χ0n) is 6.73. The Labute approximate surface area is 70.4 Å². The number of aliphatic carboxylic acids is 1. The van der Waals surface area contributed by atoms with Gasteiger partial charge in [0, 0.05) is 6.61 Å². The van der Waals surface area contributed by atoms with Gasteiger partial charge in [0.15, 0.2) is 0 Å². The summed E-state index contributed by atoms with van der Waals surface area (Å²) in [6.07, 6.45) is 0.497. The summed E-state index contributed by atoms with van der Waals surface area (Å²) < 4.78 is 10.1. The molecule has 0 radical (unpaired) electrons. The largest absolute Gasteiger partial charge is 0.480 e. The van der Waals surface area contributed by atoms with E-state index in [-0.39, 0.29) is 6.10 Å². The molecule has 0 aromatic rings. The van der Waals surface area contributed by atoms with Gasteiger partial charge in [-0.15, -0.1) is 0 Å². The molecule has 0 amide bonds. The van der Waals surface area contributed by atoms with Gasteiger partial charge >= 0.3 is 5.97 Å². The summed E-state index contributed by atoms with van der Waals surface area (Å²) in [7, 11) is 0. The van der Waals surface area contributed by atoms with Gasteiger partial charge in [0.05, 0.1) is 13.2 Å². The van der Waals surface area contributed by atoms with Gasteiger partial charge in [-0.3, -0.25) is 4.79 Å². The molecule has 1 rings (SSSR count). The van der Waals surface area contributed by atoms with Crippen molar-refractivity contribution in [1.82, 2.24) is 0 Å². The molecule has 1 atom stereocenters. The van der Waals surface area contributed by atoms with Crippen LogP contribution in [-0.4, -0.2) is 43.0 Å². The van der Waals surface area contributed by atoms with Crippen LogP contribution in [0.2, 0.25) is 0 Å². The SMILES string of the molecule is NC(CCOC1COC1)C(=O)O. The van der Waals surface area contributed by atoms with Gasteiger partial charge in [-0.1, -0.05) is 0 Å². The van der Waals surface area contributed by atoms with Crippen molar-refractivity contribution in [2.45, 2.75) is 18.6 Å². The van der Waals surface area contributed by atoms with Gasteiger partial charge in [-0.2, -0.15) is 0 Å². The van der Waals surface area contributed by atoms with Crippen LogP contribution >= 0.6 is 0 Å². The summed E-state index contributed by atoms with van der Waals surface area (Å²) in [5.74, 6) is -0.983. The lowest BCUT2D eigenvalue weighted by atomic mass is 10.2. The van der Waals surface area contributed by atoms with Crippen molar-refractivity contribution in [1.29, 1.82) is 0 Å². The lowest BCUT2D eigenvalue weighted by molar-refractivity contribution is -0.142. The molecule has 1 fully saturated rings. The van der Waals surface area contributed by atoms with Gasteiger partial charge in [-0.05, 0) is 6.42 Å². The van der Waals surface area contributed by atoms with Crippen LogP contribution in [0.4, 0.5) is 0 Å². The second kappa shape index (κ2) is 4.39. The lowest BCUT2D eigenvalue weighted by Crippen LogP contribution is -2.38. The van der Waals surface area contributed by atoms with Crippen molar-refractivity contribution in [2.24, 2.45) is 5.73 Å². The van der Waals surface area contributed by atoms with Gasteiger partial charge in [0.2, 0.25) is 0 Å². The topological polar surface area (TPSA) is 81.8 Å². The average molecular weight is 175 g/mol. The van der Waals surface area contributed by atoms with Gasteiger partial charge in [0.1, 0.15) is 12.1 Å². The molecule has 0 aliphatic carbocycles. The minimum atomic E-state index is -0.983. The van der Waals surface area contributed by atoms with Crippen molar-refractivity contribution in [3.8, 4) is 0 Å². The standard InChI is InChI=1S/C7H13NO4/c8-6(7(9)10)1-2-12-5-3-11-4-5/h5-6H,1-4,8H2,(H,9,10). The Balaban J connectivity index is 1.97. The maximum absolute atomic E-state index is 10.3. The van der Waals surface area contributed by atoms with E-state index >= 15 is 0 Å². The van der Waals surface area contributed by atoms with E-state index in [1.54, 1.807) is 0 Å². The summed E-state index contributed by atoms with van der Waals surface area (Å²) in [5, 5.41) is 8.41. The number of rotatable bonds is 5. The average Bonchev–Trinajstić information content (AvgIpc) is 1.93. The summed E-state index contributed by atoms with van der Waals surface area (Å²) in [4.78, 5) is 10.3. The number of carboxylic acids is 1. The molecule has 1 heterocycles. The van der Waals surface area contributed by atoms with E-state index in [0.717, 1.165) is 0 Å². The molecular formula is C7H13NO4. The first kappa shape index (κ1) is 9.44. The monoisotopic (exact) mass is 175 g/mol. The molecule has 1 unspecified atom stereocenters. The molecule has 0 saturated carbocycles. The normalized spacial score (nSPS) is 20.1. The van der Waals surface area contributed by atoms with E-state index in [9.17, 15) is 4.79 Å². The third kappa shape index (κ3) is 2.77. The molecule has 0 bridgehead atoms. The number of carbonyl (C=O) groups is 1. The summed E-state index contributed by atoms with van der Waals surface area (Å²) in [5.41, 5.74) is 5.25. The molecule has 1 aliphatic heterocycles. The van der Waals surface area contributed by atoms with Crippen LogP contribution in [-0.2, 0) is 14.3 Å². The van der Waals surface area contributed by atoms with Crippen LogP contribution < -0.4 is 5.73 Å². The van der Waals surface area contributed by atoms with Crippen molar-refractivity contribution in [2.75, 3.05) is 19.8 Å². The van der Waals surface area contributed by atoms with Crippen LogP contribution in [0.5, 0.6) is 0 Å². The molecule has 12 heavy (non-hydrogen) atoms.